The summed E-state index contributed by atoms with van der Waals surface area (Å²) in [6.07, 6.45) is 3.67. The van der Waals surface area contributed by atoms with Crippen LogP contribution in [-0.4, -0.2) is 66.6 Å². The van der Waals surface area contributed by atoms with Gasteiger partial charge in [0.05, 0.1) is 7.11 Å². The first-order valence-electron chi connectivity index (χ1n) is 11.8. The summed E-state index contributed by atoms with van der Waals surface area (Å²) in [7, 11) is 3.12. The maximum absolute atomic E-state index is 12.6. The summed E-state index contributed by atoms with van der Waals surface area (Å²) in [4.78, 5) is 28.9. The summed E-state index contributed by atoms with van der Waals surface area (Å²) in [6.45, 7) is 0.334. The molecule has 1 atom stereocenters. The van der Waals surface area contributed by atoms with E-state index in [-0.39, 0.29) is 18.3 Å². The zero-order valence-electron chi connectivity index (χ0n) is 22.2. The molecule has 3 rings (SSSR count). The second-order valence-electron chi connectivity index (χ2n) is 7.85. The number of amidine groups is 2. The van der Waals surface area contributed by atoms with Gasteiger partial charge in [-0.1, -0.05) is 6.07 Å². The van der Waals surface area contributed by atoms with E-state index in [1.54, 1.807) is 68.0 Å². The van der Waals surface area contributed by atoms with Crippen LogP contribution >= 0.6 is 0 Å². The van der Waals surface area contributed by atoms with Crippen LogP contribution in [0.25, 0.3) is 0 Å². The highest BCUT2D eigenvalue weighted by atomic mass is 19.1. The summed E-state index contributed by atoms with van der Waals surface area (Å²) in [5, 5.41) is 27.0. The molecule has 0 aliphatic rings. The maximum atomic E-state index is 12.6. The molecular formula is C26H31FN8O5. The van der Waals surface area contributed by atoms with Crippen molar-refractivity contribution in [3.63, 3.8) is 0 Å². The van der Waals surface area contributed by atoms with E-state index in [4.69, 9.17) is 30.5 Å². The average molecular weight is 555 g/mol. The van der Waals surface area contributed by atoms with E-state index in [1.165, 1.54) is 12.1 Å². The molecule has 6 N–H and O–H groups in total. The highest BCUT2D eigenvalue weighted by Crippen LogP contribution is 2.32. The minimum absolute atomic E-state index is 0.0546. The number of nitrogens with zero attached hydrogens (tertiary/aromatic N) is 4. The number of rotatable bonds is 12. The number of carboxylic acids is 1. The molecule has 212 valence electrons. The molecule has 1 unspecified atom stereocenters. The largest absolute Gasteiger partial charge is 0.493 e. The lowest BCUT2D eigenvalue weighted by Crippen LogP contribution is -2.35. The molecule has 3 aromatic rings. The molecule has 0 saturated carbocycles. The number of methoxy groups -OCH3 is 1. The zero-order valence-corrected chi connectivity index (χ0v) is 22.2. The van der Waals surface area contributed by atoms with Gasteiger partial charge >= 0.3 is 0 Å². The van der Waals surface area contributed by atoms with Crippen molar-refractivity contribution in [2.75, 3.05) is 37.8 Å². The first-order chi connectivity index (χ1) is 19.2. The number of hydrazone groups is 1. The minimum Gasteiger partial charge on any atom is -0.493 e. The van der Waals surface area contributed by atoms with Gasteiger partial charge in [-0.15, -0.1) is 0 Å². The number of alkyl halides is 1. The third-order valence-corrected chi connectivity index (χ3v) is 4.94. The van der Waals surface area contributed by atoms with Crippen molar-refractivity contribution in [3.05, 3.63) is 72.1 Å². The van der Waals surface area contributed by atoms with Crippen LogP contribution in [0.1, 0.15) is 24.1 Å². The number of hydrogen-bond acceptors (Lipinski definition) is 10. The van der Waals surface area contributed by atoms with Crippen LogP contribution in [-0.2, 0) is 9.59 Å². The second-order valence-corrected chi connectivity index (χ2v) is 7.85. The highest BCUT2D eigenvalue weighted by molar-refractivity contribution is 5.98. The molecule has 1 heterocycles. The van der Waals surface area contributed by atoms with E-state index < -0.39 is 18.7 Å². The van der Waals surface area contributed by atoms with Crippen molar-refractivity contribution in [1.82, 2.24) is 15.3 Å². The van der Waals surface area contributed by atoms with Crippen LogP contribution in [0.2, 0.25) is 0 Å². The first kappa shape index (κ1) is 31.0. The Hall–Kier alpha value is -5.27. The number of carbonyl (C=O) groups is 2. The number of amides is 1. The zero-order chi connectivity index (χ0) is 29.5. The number of benzene rings is 2. The van der Waals surface area contributed by atoms with Crippen LogP contribution in [0.15, 0.2) is 66.0 Å². The van der Waals surface area contributed by atoms with Crippen molar-refractivity contribution >= 4 is 35.7 Å². The molecule has 0 aliphatic heterocycles. The lowest BCUT2D eigenvalue weighted by Gasteiger charge is -2.24. The number of aliphatic carboxylic acids is 1. The predicted molar refractivity (Wildman–Crippen MR) is 149 cm³/mol. The topological polar surface area (TPSA) is 188 Å². The molecule has 0 fully saturated rings. The van der Waals surface area contributed by atoms with Gasteiger partial charge in [0, 0.05) is 37.6 Å². The second kappa shape index (κ2) is 15.9. The number of nitrogens with two attached hydrogens (primary N) is 1. The van der Waals surface area contributed by atoms with Crippen LogP contribution < -0.4 is 30.8 Å². The number of halogens is 1. The number of carbonyl (C=O) groups excluding carboxylic acids is 1. The molecule has 1 amide bonds. The summed E-state index contributed by atoms with van der Waals surface area (Å²) in [5.41, 5.74) is 7.45. The van der Waals surface area contributed by atoms with E-state index >= 15 is 0 Å². The van der Waals surface area contributed by atoms with Gasteiger partial charge in [-0.3, -0.25) is 15.0 Å². The first-order valence-corrected chi connectivity index (χ1v) is 11.8. The number of nitrogen functional groups attached to an aromatic ring is 1. The monoisotopic (exact) mass is 554 g/mol. The van der Waals surface area contributed by atoms with Gasteiger partial charge in [0.15, 0.2) is 17.3 Å². The van der Waals surface area contributed by atoms with Crippen molar-refractivity contribution in [2.45, 2.75) is 13.0 Å². The summed E-state index contributed by atoms with van der Waals surface area (Å²) < 4.78 is 23.5. The Labute approximate surface area is 230 Å². The molecule has 0 bridgehead atoms. The fourth-order valence-corrected chi connectivity index (χ4v) is 3.25. The van der Waals surface area contributed by atoms with Gasteiger partial charge in [-0.2, -0.15) is 5.10 Å². The van der Waals surface area contributed by atoms with Crippen LogP contribution in [0.3, 0.4) is 0 Å². The van der Waals surface area contributed by atoms with Gasteiger partial charge in [0.1, 0.15) is 25.2 Å². The van der Waals surface area contributed by atoms with Gasteiger partial charge in [0.25, 0.3) is 5.97 Å². The van der Waals surface area contributed by atoms with E-state index in [2.05, 4.69) is 25.7 Å². The molecule has 0 radical (unpaired) electrons. The molecule has 1 aromatic heterocycles. The summed E-state index contributed by atoms with van der Waals surface area (Å²) >= 11 is 0. The van der Waals surface area contributed by atoms with Crippen LogP contribution in [0.5, 0.6) is 11.5 Å². The van der Waals surface area contributed by atoms with Crippen molar-refractivity contribution in [2.24, 2.45) is 10.8 Å². The Morgan fingerprint density at radius 3 is 2.42 bits per heavy atom. The number of anilines is 2. The van der Waals surface area contributed by atoms with E-state index in [0.717, 1.165) is 6.92 Å². The van der Waals surface area contributed by atoms with E-state index in [1.807, 2.05) is 0 Å². The van der Waals surface area contributed by atoms with Gasteiger partial charge in [-0.05, 0) is 48.0 Å². The Morgan fingerprint density at radius 2 is 1.88 bits per heavy atom. The van der Waals surface area contributed by atoms with Gasteiger partial charge < -0.3 is 30.9 Å². The number of hydrogen-bond donors (Lipinski definition) is 5. The fraction of sp³-hybridized carbons (Fsp3) is 0.231. The van der Waals surface area contributed by atoms with Gasteiger partial charge in [0.2, 0.25) is 12.4 Å². The molecular weight excluding hydrogens is 523 g/mol. The van der Waals surface area contributed by atoms with Crippen LogP contribution in [0.4, 0.5) is 16.0 Å². The van der Waals surface area contributed by atoms with Gasteiger partial charge in [-0.25, -0.2) is 19.4 Å². The molecule has 0 saturated heterocycles. The third kappa shape index (κ3) is 9.55. The quantitative estimate of drug-likeness (QED) is 0.0963. The molecule has 0 spiro atoms. The van der Waals surface area contributed by atoms with E-state index in [9.17, 15) is 9.18 Å². The summed E-state index contributed by atoms with van der Waals surface area (Å²) in [5.74, 6) is 0.418. The maximum Gasteiger partial charge on any atom is 0.300 e. The fourth-order valence-electron chi connectivity index (χ4n) is 3.25. The molecule has 13 nitrogen and oxygen atoms in total. The molecule has 40 heavy (non-hydrogen) atoms. The van der Waals surface area contributed by atoms with E-state index in [0.29, 0.717) is 40.7 Å². The number of ether oxygens (including phenoxy) is 2. The smallest absolute Gasteiger partial charge is 0.300 e. The Balaban J connectivity index is 0.00000131. The Morgan fingerprint density at radius 1 is 1.23 bits per heavy atom. The van der Waals surface area contributed by atoms with Crippen molar-refractivity contribution < 1.29 is 28.6 Å². The lowest BCUT2D eigenvalue weighted by atomic mass is 10.0. The number of nitrogens with one attached hydrogen (secondary N) is 3. The molecule has 2 aromatic carbocycles. The van der Waals surface area contributed by atoms with Crippen LogP contribution in [0, 0.1) is 5.41 Å². The van der Waals surface area contributed by atoms with Crippen molar-refractivity contribution in [3.8, 4) is 11.5 Å². The Bertz CT molecular complexity index is 1290. The number of aromatic nitrogens is 2. The minimum atomic E-state index is -0.833. The predicted octanol–water partition coefficient (Wildman–Crippen LogP) is 2.56. The number of carboxylic acid groups (broad SMARTS) is 1. The third-order valence-electron chi connectivity index (χ3n) is 4.94. The average Bonchev–Trinajstić information content (AvgIpc) is 2.95. The molecule has 14 heteroatoms. The lowest BCUT2D eigenvalue weighted by molar-refractivity contribution is -0.134. The highest BCUT2D eigenvalue weighted by Gasteiger charge is 2.22. The normalized spacial score (nSPS) is 11.2. The van der Waals surface area contributed by atoms with Crippen molar-refractivity contribution in [1.29, 1.82) is 5.41 Å². The Kier molecular flexibility index (Phi) is 12.3. The molecule has 0 aliphatic carbocycles. The standard InChI is InChI=1S/C24H27FN8O3.C2H4O2/c1-33(24-28-11-3-12-29-24)32-23(30-15-34)21(31-18-7-4-16(5-8-18)22(26)27)17-6-9-19(36-13-10-25)20(14-17)35-2;1-2(3)4/h3-9,11-12,14-15,21,31H,10,13H2,1-2H3,(H3,26,27)(H,30,32,34);1H3,(H,3,4). The summed E-state index contributed by atoms with van der Waals surface area (Å²) in [6, 6.07) is 13.0. The SMILES string of the molecule is CC(=O)O.COc1cc(C(Nc2ccc(C(=N)N)cc2)/C(=N/N(C)c2ncccn2)NC=O)ccc1OCCF.